The van der Waals surface area contributed by atoms with Crippen molar-refractivity contribution in [1.82, 2.24) is 14.6 Å². The molecule has 0 fully saturated rings. The Morgan fingerprint density at radius 1 is 1.19 bits per heavy atom. The Morgan fingerprint density at radius 2 is 1.95 bits per heavy atom. The van der Waals surface area contributed by atoms with Gasteiger partial charge in [0.25, 0.3) is 5.91 Å². The van der Waals surface area contributed by atoms with E-state index in [0.29, 0.717) is 15.7 Å². The lowest BCUT2D eigenvalue weighted by Crippen LogP contribution is -2.11. The van der Waals surface area contributed by atoms with Gasteiger partial charge in [0.15, 0.2) is 5.13 Å². The minimum absolute atomic E-state index is 0.215. The molecule has 0 saturated carbocycles. The summed E-state index contributed by atoms with van der Waals surface area (Å²) in [7, 11) is 0. The van der Waals surface area contributed by atoms with Gasteiger partial charge < -0.3 is 0 Å². The minimum atomic E-state index is -0.215. The second kappa shape index (κ2) is 5.71. The van der Waals surface area contributed by atoms with Crippen LogP contribution in [-0.2, 0) is 0 Å². The summed E-state index contributed by atoms with van der Waals surface area (Å²) in [5.41, 5.74) is 3.73. The fraction of sp³-hybridized carbons (Fsp3) is 0.143. The molecule has 0 aliphatic carbocycles. The number of amides is 1. The maximum absolute atomic E-state index is 12.1. The summed E-state index contributed by atoms with van der Waals surface area (Å²) >= 11 is 2.49. The van der Waals surface area contributed by atoms with Crippen molar-refractivity contribution in [2.75, 3.05) is 5.32 Å². The van der Waals surface area contributed by atoms with Crippen molar-refractivity contribution in [3.63, 3.8) is 0 Å². The van der Waals surface area contributed by atoms with E-state index in [1.54, 1.807) is 6.92 Å². The van der Waals surface area contributed by atoms with Crippen LogP contribution in [0.25, 0.3) is 11.3 Å². The van der Waals surface area contributed by atoms with E-state index >= 15 is 0 Å². The zero-order valence-corrected chi connectivity index (χ0v) is 13.1. The zero-order chi connectivity index (χ0) is 14.8. The lowest BCUT2D eigenvalue weighted by molar-refractivity contribution is 0.103. The first-order valence-corrected chi connectivity index (χ1v) is 7.91. The van der Waals surface area contributed by atoms with Crippen molar-refractivity contribution in [3.8, 4) is 11.3 Å². The van der Waals surface area contributed by atoms with Gasteiger partial charge in [-0.3, -0.25) is 10.1 Å². The molecule has 2 aromatic heterocycles. The number of aromatic nitrogens is 3. The van der Waals surface area contributed by atoms with Crippen LogP contribution in [0.3, 0.4) is 0 Å². The Labute approximate surface area is 129 Å². The molecular formula is C14H12N4OS2. The van der Waals surface area contributed by atoms with E-state index in [1.807, 2.05) is 36.6 Å². The third-order valence-corrected chi connectivity index (χ3v) is 4.51. The highest BCUT2D eigenvalue weighted by molar-refractivity contribution is 7.14. The predicted octanol–water partition coefficient (Wildman–Crippen LogP) is 3.53. The Hall–Kier alpha value is -2.12. The molecule has 0 aliphatic heterocycles. The number of benzene rings is 1. The van der Waals surface area contributed by atoms with Gasteiger partial charge in [-0.15, -0.1) is 16.4 Å². The number of rotatable bonds is 3. The summed E-state index contributed by atoms with van der Waals surface area (Å²) in [5.74, 6) is -0.215. The van der Waals surface area contributed by atoms with E-state index in [1.165, 1.54) is 16.9 Å². The molecule has 0 radical (unpaired) electrons. The molecule has 0 bridgehead atoms. The van der Waals surface area contributed by atoms with Gasteiger partial charge in [0, 0.05) is 10.9 Å². The maximum Gasteiger partial charge on any atom is 0.271 e. The number of nitrogens with zero attached hydrogens (tertiary/aromatic N) is 3. The molecule has 2 heterocycles. The fourth-order valence-corrected chi connectivity index (χ4v) is 3.05. The molecule has 0 unspecified atom stereocenters. The monoisotopic (exact) mass is 316 g/mol. The predicted molar refractivity (Wildman–Crippen MR) is 84.9 cm³/mol. The second-order valence-electron chi connectivity index (χ2n) is 4.55. The van der Waals surface area contributed by atoms with Crippen LogP contribution in [0.2, 0.25) is 0 Å². The molecule has 0 aliphatic rings. The van der Waals surface area contributed by atoms with E-state index < -0.39 is 0 Å². The highest BCUT2D eigenvalue weighted by Crippen LogP contribution is 2.25. The van der Waals surface area contributed by atoms with Gasteiger partial charge in [0.1, 0.15) is 4.88 Å². The quantitative estimate of drug-likeness (QED) is 0.802. The molecule has 5 nitrogen and oxygen atoms in total. The summed E-state index contributed by atoms with van der Waals surface area (Å²) in [4.78, 5) is 17.0. The van der Waals surface area contributed by atoms with Crippen molar-refractivity contribution in [1.29, 1.82) is 0 Å². The average molecular weight is 316 g/mol. The number of nitrogens with one attached hydrogen (secondary N) is 1. The van der Waals surface area contributed by atoms with Gasteiger partial charge in [-0.25, -0.2) is 4.98 Å². The minimum Gasteiger partial charge on any atom is -0.297 e. The largest absolute Gasteiger partial charge is 0.297 e. The van der Waals surface area contributed by atoms with Crippen molar-refractivity contribution in [2.45, 2.75) is 13.8 Å². The molecule has 3 aromatic rings. The Morgan fingerprint density at radius 3 is 2.62 bits per heavy atom. The summed E-state index contributed by atoms with van der Waals surface area (Å²) in [6, 6.07) is 8.12. The Kier molecular flexibility index (Phi) is 3.76. The van der Waals surface area contributed by atoms with Crippen LogP contribution in [0.4, 0.5) is 5.13 Å². The molecule has 1 amide bonds. The van der Waals surface area contributed by atoms with Crippen LogP contribution in [0, 0.1) is 13.8 Å². The van der Waals surface area contributed by atoms with Gasteiger partial charge in [-0.2, -0.15) is 0 Å². The first kappa shape index (κ1) is 13.8. The Balaban J connectivity index is 1.78. The van der Waals surface area contributed by atoms with Crippen molar-refractivity contribution in [2.24, 2.45) is 0 Å². The van der Waals surface area contributed by atoms with Gasteiger partial charge >= 0.3 is 0 Å². The van der Waals surface area contributed by atoms with E-state index in [4.69, 9.17) is 0 Å². The van der Waals surface area contributed by atoms with Crippen molar-refractivity contribution in [3.05, 3.63) is 45.8 Å². The van der Waals surface area contributed by atoms with Crippen LogP contribution in [-0.4, -0.2) is 20.5 Å². The number of thiazole rings is 1. The topological polar surface area (TPSA) is 67.8 Å². The maximum atomic E-state index is 12.1. The SMILES string of the molecule is Cc1ccc(-c2csc(NC(=O)c3snnc3C)n2)cc1. The molecule has 21 heavy (non-hydrogen) atoms. The first-order chi connectivity index (χ1) is 10.1. The lowest BCUT2D eigenvalue weighted by atomic mass is 10.1. The summed E-state index contributed by atoms with van der Waals surface area (Å²) < 4.78 is 3.76. The molecule has 3 rings (SSSR count). The molecule has 0 spiro atoms. The summed E-state index contributed by atoms with van der Waals surface area (Å²) in [6.45, 7) is 3.81. The number of carbonyl (C=O) groups is 1. The van der Waals surface area contributed by atoms with Gasteiger partial charge in [-0.1, -0.05) is 34.3 Å². The zero-order valence-electron chi connectivity index (χ0n) is 11.5. The second-order valence-corrected chi connectivity index (χ2v) is 6.16. The number of hydrogen-bond acceptors (Lipinski definition) is 6. The van der Waals surface area contributed by atoms with E-state index in [-0.39, 0.29) is 5.91 Å². The third kappa shape index (κ3) is 2.98. The lowest BCUT2D eigenvalue weighted by Gasteiger charge is -1.99. The van der Waals surface area contributed by atoms with Crippen LogP contribution >= 0.6 is 22.9 Å². The van der Waals surface area contributed by atoms with Crippen LogP contribution in [0.1, 0.15) is 20.9 Å². The highest BCUT2D eigenvalue weighted by Gasteiger charge is 2.15. The van der Waals surface area contributed by atoms with Gasteiger partial charge in [0.05, 0.1) is 11.4 Å². The standard InChI is InChI=1S/C14H12N4OS2/c1-8-3-5-10(6-4-8)11-7-20-14(15-11)16-13(19)12-9(2)17-18-21-12/h3-7H,1-2H3,(H,15,16,19). The fourth-order valence-electron chi connectivity index (χ4n) is 1.78. The number of anilines is 1. The highest BCUT2D eigenvalue weighted by atomic mass is 32.1. The average Bonchev–Trinajstić information content (AvgIpc) is 3.09. The smallest absolute Gasteiger partial charge is 0.271 e. The van der Waals surface area contributed by atoms with E-state index in [9.17, 15) is 4.79 Å². The van der Waals surface area contributed by atoms with Crippen LogP contribution in [0.15, 0.2) is 29.6 Å². The molecule has 0 atom stereocenters. The molecule has 106 valence electrons. The number of carbonyl (C=O) groups excluding carboxylic acids is 1. The van der Waals surface area contributed by atoms with Crippen molar-refractivity contribution < 1.29 is 4.79 Å². The molecular weight excluding hydrogens is 304 g/mol. The van der Waals surface area contributed by atoms with Gasteiger partial charge in [0.2, 0.25) is 0 Å². The third-order valence-electron chi connectivity index (χ3n) is 2.93. The number of hydrogen-bond donors (Lipinski definition) is 1. The number of aryl methyl sites for hydroxylation is 2. The van der Waals surface area contributed by atoms with E-state index in [2.05, 4.69) is 19.9 Å². The van der Waals surface area contributed by atoms with Crippen LogP contribution in [0.5, 0.6) is 0 Å². The van der Waals surface area contributed by atoms with Crippen LogP contribution < -0.4 is 5.32 Å². The first-order valence-electron chi connectivity index (χ1n) is 6.26. The molecule has 0 saturated heterocycles. The summed E-state index contributed by atoms with van der Waals surface area (Å²) in [6.07, 6.45) is 0. The molecule has 1 aromatic carbocycles. The van der Waals surface area contributed by atoms with E-state index in [0.717, 1.165) is 22.8 Å². The van der Waals surface area contributed by atoms with Gasteiger partial charge in [-0.05, 0) is 25.4 Å². The molecule has 7 heteroatoms. The molecule has 1 N–H and O–H groups in total. The Bertz CT molecular complexity index is 776. The van der Waals surface area contributed by atoms with Crippen molar-refractivity contribution >= 4 is 33.9 Å². The summed E-state index contributed by atoms with van der Waals surface area (Å²) in [5, 5.41) is 9.12. The normalized spacial score (nSPS) is 10.6.